The fourth-order valence-corrected chi connectivity index (χ4v) is 1.42. The van der Waals surface area contributed by atoms with Crippen LogP contribution in [0.5, 0.6) is 0 Å². The molecule has 2 rings (SSSR count). The second-order valence-electron chi connectivity index (χ2n) is 4.46. The van der Waals surface area contributed by atoms with Crippen LogP contribution >= 0.6 is 0 Å². The summed E-state index contributed by atoms with van der Waals surface area (Å²) in [6.45, 7) is 5.55. The van der Waals surface area contributed by atoms with E-state index in [1.165, 1.54) is 4.57 Å². The summed E-state index contributed by atoms with van der Waals surface area (Å²) in [5, 5.41) is 1.00. The maximum Gasteiger partial charge on any atom is 0.419 e. The van der Waals surface area contributed by atoms with E-state index in [1.807, 2.05) is 33.0 Å². The molecule has 0 radical (unpaired) electrons. The van der Waals surface area contributed by atoms with Crippen molar-refractivity contribution in [1.29, 1.82) is 0 Å². The van der Waals surface area contributed by atoms with Gasteiger partial charge in [-0.25, -0.2) is 4.79 Å². The van der Waals surface area contributed by atoms with Crippen LogP contribution in [-0.2, 0) is 4.74 Å². The number of carbonyl (C=O) groups is 1. The molecule has 4 heteroatoms. The lowest BCUT2D eigenvalue weighted by molar-refractivity contribution is 0.0544. The van der Waals surface area contributed by atoms with Crippen LogP contribution in [0.2, 0.25) is 0 Å². The minimum atomic E-state index is -0.468. The summed E-state index contributed by atoms with van der Waals surface area (Å²) < 4.78 is 6.77. The van der Waals surface area contributed by atoms with E-state index in [0.29, 0.717) is 0 Å². The van der Waals surface area contributed by atoms with Crippen LogP contribution in [-0.4, -0.2) is 21.2 Å². The summed E-state index contributed by atoms with van der Waals surface area (Å²) in [4.78, 5) is 14.7. The number of rotatable bonds is 0. The lowest BCUT2D eigenvalue weighted by Gasteiger charge is -2.19. The van der Waals surface area contributed by atoms with Crippen molar-refractivity contribution in [1.82, 2.24) is 9.55 Å². The first-order chi connectivity index (χ1) is 6.97. The molecule has 15 heavy (non-hydrogen) atoms. The van der Waals surface area contributed by atoms with Gasteiger partial charge in [-0.3, -0.25) is 4.57 Å². The molecule has 2 heterocycles. The predicted molar refractivity (Wildman–Crippen MR) is 57.9 cm³/mol. The van der Waals surface area contributed by atoms with Gasteiger partial charge < -0.3 is 9.72 Å². The molecule has 2 aromatic rings. The fraction of sp³-hybridized carbons (Fsp3) is 0.364. The highest BCUT2D eigenvalue weighted by atomic mass is 16.6. The Hall–Kier alpha value is -1.71. The molecule has 0 saturated carbocycles. The maximum absolute atomic E-state index is 11.8. The summed E-state index contributed by atoms with van der Waals surface area (Å²) in [5.74, 6) is 0. The summed E-state index contributed by atoms with van der Waals surface area (Å²) in [6, 6.07) is 1.87. The monoisotopic (exact) mass is 206 g/mol. The van der Waals surface area contributed by atoms with Gasteiger partial charge in [0.15, 0.2) is 0 Å². The van der Waals surface area contributed by atoms with E-state index in [4.69, 9.17) is 4.74 Å². The molecule has 0 atom stereocenters. The molecule has 2 aromatic heterocycles. The molecule has 0 aliphatic carbocycles. The smallest absolute Gasteiger partial charge is 0.419 e. The van der Waals surface area contributed by atoms with Crippen LogP contribution in [0, 0.1) is 0 Å². The molecule has 0 spiro atoms. The Balaban J connectivity index is 2.32. The first-order valence-corrected chi connectivity index (χ1v) is 4.84. The number of aromatic nitrogens is 2. The van der Waals surface area contributed by atoms with Gasteiger partial charge in [-0.2, -0.15) is 0 Å². The van der Waals surface area contributed by atoms with E-state index in [0.717, 1.165) is 10.9 Å². The average Bonchev–Trinajstić information content (AvgIpc) is 2.57. The minimum Gasteiger partial charge on any atom is -0.443 e. The summed E-state index contributed by atoms with van der Waals surface area (Å²) in [6.07, 6.45) is 4.99. The van der Waals surface area contributed by atoms with E-state index < -0.39 is 5.60 Å². The largest absolute Gasteiger partial charge is 0.443 e. The van der Waals surface area contributed by atoms with Crippen molar-refractivity contribution in [2.75, 3.05) is 0 Å². The fourth-order valence-electron chi connectivity index (χ4n) is 1.42. The number of fused-ring (bicyclic) bond motifs is 1. The van der Waals surface area contributed by atoms with Gasteiger partial charge in [0.2, 0.25) is 0 Å². The molecule has 0 saturated heterocycles. The molecular weight excluding hydrogens is 192 g/mol. The Morgan fingerprint density at radius 3 is 2.80 bits per heavy atom. The second-order valence-corrected chi connectivity index (χ2v) is 4.46. The average molecular weight is 206 g/mol. The highest BCUT2D eigenvalue weighted by Crippen LogP contribution is 2.17. The zero-order chi connectivity index (χ0) is 11.1. The van der Waals surface area contributed by atoms with Crippen molar-refractivity contribution >= 4 is 17.0 Å². The lowest BCUT2D eigenvalue weighted by Crippen LogP contribution is -2.26. The van der Waals surface area contributed by atoms with E-state index in [2.05, 4.69) is 4.98 Å². The normalized spacial score (nSPS) is 11.9. The molecule has 0 amide bonds. The second kappa shape index (κ2) is 3.15. The van der Waals surface area contributed by atoms with Gasteiger partial charge in [0, 0.05) is 24.0 Å². The Morgan fingerprint density at radius 1 is 1.40 bits per heavy atom. The molecule has 0 bridgehead atoms. The van der Waals surface area contributed by atoms with Crippen molar-refractivity contribution in [3.63, 3.8) is 0 Å². The van der Waals surface area contributed by atoms with Gasteiger partial charge in [-0.1, -0.05) is 0 Å². The third-order valence-electron chi connectivity index (χ3n) is 2.01. The molecule has 0 fully saturated rings. The third kappa shape index (κ3) is 1.88. The van der Waals surface area contributed by atoms with Crippen molar-refractivity contribution < 1.29 is 9.53 Å². The molecule has 0 aliphatic rings. The van der Waals surface area contributed by atoms with Crippen LogP contribution in [0.1, 0.15) is 20.8 Å². The zero-order valence-corrected chi connectivity index (χ0v) is 9.07. The van der Waals surface area contributed by atoms with E-state index in [-0.39, 0.29) is 6.09 Å². The molecule has 4 nitrogen and oxygen atoms in total. The van der Waals surface area contributed by atoms with Crippen molar-refractivity contribution in [2.24, 2.45) is 0 Å². The van der Waals surface area contributed by atoms with Crippen LogP contribution in [0.4, 0.5) is 4.79 Å². The first-order valence-electron chi connectivity index (χ1n) is 4.84. The van der Waals surface area contributed by atoms with Crippen molar-refractivity contribution in [2.45, 2.75) is 26.4 Å². The standard InChI is InChI=1S/C11H14N2O2/c1-11(2,3)15-10(14)13-5-4-8-6-12-7-9(8)13/h4-7,12H,1-3H3. The van der Waals surface area contributed by atoms with Crippen molar-refractivity contribution in [3.05, 3.63) is 24.7 Å². The molecule has 0 aliphatic heterocycles. The Labute approximate surface area is 87.8 Å². The van der Waals surface area contributed by atoms with Gasteiger partial charge in [0.1, 0.15) is 5.60 Å². The zero-order valence-electron chi connectivity index (χ0n) is 9.07. The van der Waals surface area contributed by atoms with Crippen LogP contribution in [0.3, 0.4) is 0 Å². The van der Waals surface area contributed by atoms with Gasteiger partial charge in [0.25, 0.3) is 0 Å². The summed E-state index contributed by atoms with van der Waals surface area (Å²) >= 11 is 0. The number of hydrogen-bond acceptors (Lipinski definition) is 2. The maximum atomic E-state index is 11.8. The third-order valence-corrected chi connectivity index (χ3v) is 2.01. The topological polar surface area (TPSA) is 47.0 Å². The van der Waals surface area contributed by atoms with E-state index in [1.54, 1.807) is 12.4 Å². The number of aromatic amines is 1. The molecule has 0 unspecified atom stereocenters. The van der Waals surface area contributed by atoms with Crippen LogP contribution < -0.4 is 0 Å². The van der Waals surface area contributed by atoms with Crippen LogP contribution in [0.15, 0.2) is 24.7 Å². The minimum absolute atomic E-state index is 0.350. The predicted octanol–water partition coefficient (Wildman–Crippen LogP) is 2.75. The van der Waals surface area contributed by atoms with Crippen LogP contribution in [0.25, 0.3) is 10.9 Å². The van der Waals surface area contributed by atoms with Gasteiger partial charge >= 0.3 is 6.09 Å². The number of H-pyrrole nitrogens is 1. The summed E-state index contributed by atoms with van der Waals surface area (Å²) in [7, 11) is 0. The van der Waals surface area contributed by atoms with Gasteiger partial charge in [-0.05, 0) is 26.8 Å². The lowest BCUT2D eigenvalue weighted by atomic mass is 10.2. The molecular formula is C11H14N2O2. The SMILES string of the molecule is CC(C)(C)OC(=O)n1ccc2c[nH]cc21. The Kier molecular flexibility index (Phi) is 2.07. The number of nitrogens with zero attached hydrogens (tertiary/aromatic N) is 1. The van der Waals surface area contributed by atoms with Crippen molar-refractivity contribution in [3.8, 4) is 0 Å². The van der Waals surface area contributed by atoms with Gasteiger partial charge in [-0.15, -0.1) is 0 Å². The molecule has 1 N–H and O–H groups in total. The number of hydrogen-bond donors (Lipinski definition) is 1. The molecule has 0 aromatic carbocycles. The first kappa shape index (κ1) is 9.83. The highest BCUT2D eigenvalue weighted by Gasteiger charge is 2.18. The van der Waals surface area contributed by atoms with E-state index >= 15 is 0 Å². The highest BCUT2D eigenvalue weighted by molar-refractivity contribution is 5.89. The number of carbonyl (C=O) groups excluding carboxylic acids is 1. The quantitative estimate of drug-likeness (QED) is 0.720. The number of nitrogens with one attached hydrogen (secondary N) is 1. The van der Waals surface area contributed by atoms with Gasteiger partial charge in [0.05, 0.1) is 5.52 Å². The summed E-state index contributed by atoms with van der Waals surface area (Å²) in [5.41, 5.74) is 0.369. The van der Waals surface area contributed by atoms with E-state index in [9.17, 15) is 4.79 Å². The molecule has 80 valence electrons. The number of ether oxygens (including phenoxy) is 1. The Bertz CT molecular complexity index is 488. The Morgan fingerprint density at radius 2 is 2.13 bits per heavy atom.